The number of likely N-dealkylation sites (tertiary alicyclic amines) is 1. The highest BCUT2D eigenvalue weighted by atomic mass is 35.5. The van der Waals surface area contributed by atoms with Crippen molar-refractivity contribution in [2.45, 2.75) is 25.7 Å². The summed E-state index contributed by atoms with van der Waals surface area (Å²) in [6.07, 6.45) is 4.74. The molecule has 2 heterocycles. The number of hydrogen-bond donors (Lipinski definition) is 1. The van der Waals surface area contributed by atoms with Gasteiger partial charge in [-0.2, -0.15) is 0 Å². The van der Waals surface area contributed by atoms with E-state index >= 15 is 0 Å². The van der Waals surface area contributed by atoms with Gasteiger partial charge in [0.2, 0.25) is 11.9 Å². The quantitative estimate of drug-likeness (QED) is 0.552. The van der Waals surface area contributed by atoms with E-state index in [2.05, 4.69) is 20.2 Å². The maximum absolute atomic E-state index is 12.7. The lowest BCUT2D eigenvalue weighted by Crippen LogP contribution is -2.34. The molecule has 0 saturated carbocycles. The number of nitrogens with one attached hydrogen (secondary N) is 1. The van der Waals surface area contributed by atoms with E-state index in [0.29, 0.717) is 23.2 Å². The molecule has 166 valence electrons. The van der Waals surface area contributed by atoms with Gasteiger partial charge in [0, 0.05) is 16.1 Å². The molecule has 1 saturated heterocycles. The number of nitrogens with zero attached hydrogens (tertiary/aromatic N) is 3. The molecule has 1 fully saturated rings. The molecule has 1 aromatic heterocycles. The molecule has 0 atom stereocenters. The van der Waals surface area contributed by atoms with Crippen LogP contribution in [0.3, 0.4) is 0 Å². The van der Waals surface area contributed by atoms with E-state index in [0.717, 1.165) is 48.5 Å². The van der Waals surface area contributed by atoms with Crippen LogP contribution in [0.15, 0.2) is 54.6 Å². The molecular weight excluding hydrogens is 424 g/mol. The number of benzene rings is 2. The zero-order valence-electron chi connectivity index (χ0n) is 18.2. The molecule has 1 aliphatic rings. The zero-order valence-corrected chi connectivity index (χ0v) is 18.9. The molecule has 0 unspecified atom stereocenters. The fraction of sp³-hybridized carbons (Fsp3) is 0.320. The summed E-state index contributed by atoms with van der Waals surface area (Å²) in [6, 6.07) is 17.0. The lowest BCUT2D eigenvalue weighted by molar-refractivity contribution is -0.117. The number of ether oxygens (including phenoxy) is 1. The van der Waals surface area contributed by atoms with E-state index in [-0.39, 0.29) is 5.91 Å². The van der Waals surface area contributed by atoms with Crippen LogP contribution in [0.2, 0.25) is 5.02 Å². The first-order chi connectivity index (χ1) is 15.6. The number of amides is 1. The first-order valence-electron chi connectivity index (χ1n) is 10.9. The molecule has 0 radical (unpaired) electrons. The van der Waals surface area contributed by atoms with Crippen LogP contribution >= 0.6 is 11.6 Å². The van der Waals surface area contributed by atoms with E-state index < -0.39 is 0 Å². The highest BCUT2D eigenvalue weighted by molar-refractivity contribution is 6.30. The average Bonchev–Trinajstić information content (AvgIpc) is 3.08. The maximum Gasteiger partial charge on any atom is 0.240 e. The summed E-state index contributed by atoms with van der Waals surface area (Å²) < 4.78 is 5.26. The molecule has 0 bridgehead atoms. The van der Waals surface area contributed by atoms with Gasteiger partial charge < -0.3 is 4.74 Å². The van der Waals surface area contributed by atoms with Gasteiger partial charge in [-0.15, -0.1) is 0 Å². The Labute approximate surface area is 193 Å². The molecule has 32 heavy (non-hydrogen) atoms. The molecule has 3 aromatic rings. The number of rotatable bonds is 6. The molecule has 2 aromatic carbocycles. The van der Waals surface area contributed by atoms with E-state index in [4.69, 9.17) is 16.3 Å². The van der Waals surface area contributed by atoms with Crippen molar-refractivity contribution >= 4 is 23.5 Å². The molecule has 6 nitrogen and oxygen atoms in total. The molecule has 0 aliphatic carbocycles. The van der Waals surface area contributed by atoms with E-state index in [9.17, 15) is 4.79 Å². The Hall–Kier alpha value is -2.96. The summed E-state index contributed by atoms with van der Waals surface area (Å²) in [5, 5.41) is 3.57. The van der Waals surface area contributed by atoms with Crippen molar-refractivity contribution in [3.63, 3.8) is 0 Å². The number of carbonyl (C=O) groups is 1. The van der Waals surface area contributed by atoms with Crippen molar-refractivity contribution in [3.8, 4) is 28.3 Å². The Morgan fingerprint density at radius 1 is 0.938 bits per heavy atom. The summed E-state index contributed by atoms with van der Waals surface area (Å²) in [7, 11) is 1.64. The van der Waals surface area contributed by atoms with Gasteiger partial charge in [-0.25, -0.2) is 9.97 Å². The van der Waals surface area contributed by atoms with Gasteiger partial charge in [-0.1, -0.05) is 36.6 Å². The Bertz CT molecular complexity index is 1050. The number of methoxy groups -OCH3 is 1. The lowest BCUT2D eigenvalue weighted by atomic mass is 10.1. The summed E-state index contributed by atoms with van der Waals surface area (Å²) in [5.41, 5.74) is 3.24. The summed E-state index contributed by atoms with van der Waals surface area (Å²) >= 11 is 6.05. The van der Waals surface area contributed by atoms with Gasteiger partial charge in [0.1, 0.15) is 5.75 Å². The fourth-order valence-corrected chi connectivity index (χ4v) is 3.97. The topological polar surface area (TPSA) is 67.3 Å². The van der Waals surface area contributed by atoms with Gasteiger partial charge in [-0.3, -0.25) is 15.0 Å². The van der Waals surface area contributed by atoms with Gasteiger partial charge in [0.25, 0.3) is 0 Å². The molecular formula is C25H27ClN4O2. The smallest absolute Gasteiger partial charge is 0.240 e. The second-order valence-corrected chi connectivity index (χ2v) is 8.37. The second-order valence-electron chi connectivity index (χ2n) is 7.94. The Morgan fingerprint density at radius 3 is 2.06 bits per heavy atom. The standard InChI is InChI=1S/C25H27ClN4O2/c1-32-21-12-8-19(9-13-21)23-16-22(18-6-10-20(26)11-7-18)27-25(28-23)29-24(31)17-30-14-4-2-3-5-15-30/h6-13,16H,2-5,14-15,17H2,1H3,(H,27,28,29,31). The van der Waals surface area contributed by atoms with Crippen LogP contribution < -0.4 is 10.1 Å². The van der Waals surface area contributed by atoms with Gasteiger partial charge >= 0.3 is 0 Å². The minimum Gasteiger partial charge on any atom is -0.497 e. The van der Waals surface area contributed by atoms with E-state index in [1.807, 2.05) is 54.6 Å². The minimum atomic E-state index is -0.0964. The normalized spacial score (nSPS) is 14.6. The van der Waals surface area contributed by atoms with Crippen molar-refractivity contribution in [1.82, 2.24) is 14.9 Å². The number of halogens is 1. The van der Waals surface area contributed by atoms with Crippen LogP contribution in [0.25, 0.3) is 22.5 Å². The second kappa shape index (κ2) is 10.6. The third kappa shape index (κ3) is 5.84. The molecule has 1 aliphatic heterocycles. The average molecular weight is 451 g/mol. The third-order valence-electron chi connectivity index (χ3n) is 5.57. The molecule has 0 spiro atoms. The Morgan fingerprint density at radius 2 is 1.50 bits per heavy atom. The van der Waals surface area contributed by atoms with Crippen molar-refractivity contribution in [2.75, 3.05) is 32.1 Å². The van der Waals surface area contributed by atoms with Crippen molar-refractivity contribution in [2.24, 2.45) is 0 Å². The first-order valence-corrected chi connectivity index (χ1v) is 11.3. The molecule has 4 rings (SSSR count). The van der Waals surface area contributed by atoms with Crippen LogP contribution in [0, 0.1) is 0 Å². The summed E-state index contributed by atoms with van der Waals surface area (Å²) in [4.78, 5) is 24.2. The highest BCUT2D eigenvalue weighted by Crippen LogP contribution is 2.27. The monoisotopic (exact) mass is 450 g/mol. The van der Waals surface area contributed by atoms with Crippen LogP contribution in [-0.2, 0) is 4.79 Å². The molecule has 1 amide bonds. The molecule has 7 heteroatoms. The van der Waals surface area contributed by atoms with Gasteiger partial charge in [-0.05, 0) is 68.4 Å². The highest BCUT2D eigenvalue weighted by Gasteiger charge is 2.15. The molecule has 1 N–H and O–H groups in total. The Kier molecular flexibility index (Phi) is 7.35. The van der Waals surface area contributed by atoms with Crippen molar-refractivity contribution in [1.29, 1.82) is 0 Å². The van der Waals surface area contributed by atoms with Crippen LogP contribution in [0.4, 0.5) is 5.95 Å². The van der Waals surface area contributed by atoms with Gasteiger partial charge in [0.15, 0.2) is 0 Å². The number of anilines is 1. The van der Waals surface area contributed by atoms with Crippen LogP contribution in [0.1, 0.15) is 25.7 Å². The van der Waals surface area contributed by atoms with Crippen LogP contribution in [-0.4, -0.2) is 47.5 Å². The predicted octanol–water partition coefficient (Wildman–Crippen LogP) is 5.29. The van der Waals surface area contributed by atoms with Crippen LogP contribution in [0.5, 0.6) is 5.75 Å². The third-order valence-corrected chi connectivity index (χ3v) is 5.82. The number of aromatic nitrogens is 2. The van der Waals surface area contributed by atoms with Crippen molar-refractivity contribution < 1.29 is 9.53 Å². The number of hydrogen-bond acceptors (Lipinski definition) is 5. The Balaban J connectivity index is 1.61. The minimum absolute atomic E-state index is 0.0964. The first kappa shape index (κ1) is 22.2. The lowest BCUT2D eigenvalue weighted by Gasteiger charge is -2.18. The fourth-order valence-electron chi connectivity index (χ4n) is 3.84. The maximum atomic E-state index is 12.7. The van der Waals surface area contributed by atoms with E-state index in [1.54, 1.807) is 7.11 Å². The van der Waals surface area contributed by atoms with E-state index in [1.165, 1.54) is 12.8 Å². The van der Waals surface area contributed by atoms with Crippen molar-refractivity contribution in [3.05, 3.63) is 59.6 Å². The zero-order chi connectivity index (χ0) is 22.3. The number of carbonyl (C=O) groups excluding carboxylic acids is 1. The largest absolute Gasteiger partial charge is 0.497 e. The summed E-state index contributed by atoms with van der Waals surface area (Å²) in [5.74, 6) is 0.968. The SMILES string of the molecule is COc1ccc(-c2cc(-c3ccc(Cl)cc3)nc(NC(=O)CN3CCCCCC3)n2)cc1. The van der Waals surface area contributed by atoms with Gasteiger partial charge in [0.05, 0.1) is 25.0 Å². The predicted molar refractivity (Wildman–Crippen MR) is 128 cm³/mol. The summed E-state index contributed by atoms with van der Waals surface area (Å²) in [6.45, 7) is 2.26.